The molecule has 1 unspecified atom stereocenters. The normalized spacial score (nSPS) is 12.8. The summed E-state index contributed by atoms with van der Waals surface area (Å²) in [6.45, 7) is 1.87. The van der Waals surface area contributed by atoms with Crippen molar-refractivity contribution in [1.82, 2.24) is 0 Å². The third-order valence-corrected chi connectivity index (χ3v) is 4.66. The molecule has 0 fully saturated rings. The van der Waals surface area contributed by atoms with Crippen LogP contribution in [0.1, 0.15) is 27.6 Å². The lowest BCUT2D eigenvalue weighted by atomic mass is 10.1. The van der Waals surface area contributed by atoms with E-state index in [1.807, 2.05) is 6.92 Å². The van der Waals surface area contributed by atoms with Gasteiger partial charge in [0.1, 0.15) is 0 Å². The number of hydrogen-bond donors (Lipinski definition) is 0. The monoisotopic (exact) mass is 326 g/mol. The van der Waals surface area contributed by atoms with E-state index in [0.717, 1.165) is 4.88 Å². The van der Waals surface area contributed by atoms with E-state index >= 15 is 0 Å². The maximum atomic E-state index is 13.6. The van der Waals surface area contributed by atoms with E-state index in [1.54, 1.807) is 6.07 Å². The number of thiophene rings is 1. The van der Waals surface area contributed by atoms with Crippen LogP contribution in [0, 0.1) is 29.1 Å². The zero-order chi connectivity index (χ0) is 15.0. The van der Waals surface area contributed by atoms with E-state index in [2.05, 4.69) is 0 Å². The van der Waals surface area contributed by atoms with Crippen LogP contribution in [0.2, 0.25) is 0 Å². The number of benzene rings is 1. The summed E-state index contributed by atoms with van der Waals surface area (Å²) in [4.78, 5) is 1.22. The first-order valence-electron chi connectivity index (χ1n) is 5.62. The van der Waals surface area contributed by atoms with E-state index in [-0.39, 0.29) is 0 Å². The smallest absolute Gasteiger partial charge is 0.200 e. The first kappa shape index (κ1) is 15.3. The average molecular weight is 327 g/mol. The average Bonchev–Trinajstić information content (AvgIpc) is 2.92. The van der Waals surface area contributed by atoms with Crippen LogP contribution < -0.4 is 0 Å². The van der Waals surface area contributed by atoms with Crippen molar-refractivity contribution in [3.05, 3.63) is 56.5 Å². The van der Waals surface area contributed by atoms with Gasteiger partial charge in [-0.3, -0.25) is 0 Å². The third kappa shape index (κ3) is 2.42. The maximum Gasteiger partial charge on any atom is 0.200 e. The van der Waals surface area contributed by atoms with Gasteiger partial charge in [-0.05, 0) is 18.6 Å². The Kier molecular flexibility index (Phi) is 4.34. The summed E-state index contributed by atoms with van der Waals surface area (Å²) in [6.07, 6.45) is 0.686. The summed E-state index contributed by atoms with van der Waals surface area (Å²) in [5, 5.41) is -1.43. The molecule has 2 aromatic rings. The van der Waals surface area contributed by atoms with Gasteiger partial charge in [-0.1, -0.05) is 6.92 Å². The molecule has 0 aliphatic rings. The molecule has 0 aliphatic carbocycles. The van der Waals surface area contributed by atoms with Crippen molar-refractivity contribution in [2.45, 2.75) is 18.7 Å². The van der Waals surface area contributed by atoms with E-state index in [9.17, 15) is 22.0 Å². The second kappa shape index (κ2) is 5.69. The van der Waals surface area contributed by atoms with Crippen LogP contribution in [-0.4, -0.2) is 0 Å². The van der Waals surface area contributed by atoms with Crippen molar-refractivity contribution >= 4 is 22.9 Å². The molecular weight excluding hydrogens is 319 g/mol. The Balaban J connectivity index is 2.57. The van der Waals surface area contributed by atoms with E-state index in [1.165, 1.54) is 17.4 Å². The van der Waals surface area contributed by atoms with Crippen molar-refractivity contribution in [3.63, 3.8) is 0 Å². The molecule has 1 aromatic heterocycles. The minimum Gasteiger partial charge on any atom is -0.203 e. The van der Waals surface area contributed by atoms with Gasteiger partial charge >= 0.3 is 0 Å². The van der Waals surface area contributed by atoms with Gasteiger partial charge in [0.05, 0.1) is 10.9 Å². The lowest BCUT2D eigenvalue weighted by Crippen LogP contribution is -2.09. The zero-order valence-electron chi connectivity index (χ0n) is 10.1. The van der Waals surface area contributed by atoms with Crippen LogP contribution in [-0.2, 0) is 6.42 Å². The van der Waals surface area contributed by atoms with Crippen molar-refractivity contribution in [3.8, 4) is 0 Å². The molecule has 2 rings (SSSR count). The van der Waals surface area contributed by atoms with Crippen molar-refractivity contribution in [2.24, 2.45) is 0 Å². The third-order valence-electron chi connectivity index (χ3n) is 2.78. The summed E-state index contributed by atoms with van der Waals surface area (Å²) < 4.78 is 66.5. The van der Waals surface area contributed by atoms with Gasteiger partial charge in [0, 0.05) is 9.75 Å². The highest BCUT2D eigenvalue weighted by Gasteiger charge is 2.30. The molecule has 7 heteroatoms. The molecular formula is C13H8ClF5S. The quantitative estimate of drug-likeness (QED) is 0.309. The SMILES string of the molecule is CCc1ccc(C(Cl)c2c(F)c(F)c(F)c(F)c2F)s1. The van der Waals surface area contributed by atoms with Gasteiger partial charge in [0.15, 0.2) is 23.3 Å². The molecule has 1 heterocycles. The molecule has 108 valence electrons. The molecule has 0 bridgehead atoms. The van der Waals surface area contributed by atoms with Gasteiger partial charge in [0.25, 0.3) is 0 Å². The van der Waals surface area contributed by atoms with Gasteiger partial charge in [-0.15, -0.1) is 22.9 Å². The Morgan fingerprint density at radius 3 is 1.90 bits per heavy atom. The van der Waals surface area contributed by atoms with Crippen LogP contribution in [0.3, 0.4) is 0 Å². The highest BCUT2D eigenvalue weighted by molar-refractivity contribution is 7.12. The molecule has 0 aliphatic heterocycles. The molecule has 0 amide bonds. The summed E-state index contributed by atoms with van der Waals surface area (Å²) in [7, 11) is 0. The Labute approximate surface area is 120 Å². The van der Waals surface area contributed by atoms with E-state index in [4.69, 9.17) is 11.6 Å². The first-order valence-corrected chi connectivity index (χ1v) is 6.87. The molecule has 0 saturated carbocycles. The van der Waals surface area contributed by atoms with E-state index < -0.39 is 40.0 Å². The number of alkyl halides is 1. The fraction of sp³-hybridized carbons (Fsp3) is 0.231. The van der Waals surface area contributed by atoms with Crippen LogP contribution in [0.25, 0.3) is 0 Å². The summed E-state index contributed by atoms with van der Waals surface area (Å²) in [5.74, 6) is -9.96. The fourth-order valence-electron chi connectivity index (χ4n) is 1.71. The van der Waals surface area contributed by atoms with Crippen LogP contribution in [0.5, 0.6) is 0 Å². The Morgan fingerprint density at radius 2 is 1.45 bits per heavy atom. The molecule has 0 saturated heterocycles. The summed E-state index contributed by atoms with van der Waals surface area (Å²) in [6, 6.07) is 3.21. The van der Waals surface area contributed by atoms with Gasteiger partial charge in [0.2, 0.25) is 5.82 Å². The summed E-state index contributed by atoms with van der Waals surface area (Å²) in [5.41, 5.74) is -1.02. The molecule has 20 heavy (non-hydrogen) atoms. The molecule has 1 atom stereocenters. The lowest BCUT2D eigenvalue weighted by molar-refractivity contribution is 0.371. The van der Waals surface area contributed by atoms with Crippen LogP contribution >= 0.6 is 22.9 Å². The molecule has 0 spiro atoms. The van der Waals surface area contributed by atoms with Crippen LogP contribution in [0.4, 0.5) is 22.0 Å². The molecule has 1 aromatic carbocycles. The molecule has 0 N–H and O–H groups in total. The second-order valence-electron chi connectivity index (χ2n) is 4.00. The van der Waals surface area contributed by atoms with Gasteiger partial charge < -0.3 is 0 Å². The Bertz CT molecular complexity index is 623. The standard InChI is InChI=1S/C13H8ClF5S/c1-2-5-3-4-6(20-5)8(14)7-9(15)11(17)13(19)12(18)10(7)16/h3-4,8H,2H2,1H3. The first-order chi connectivity index (χ1) is 9.38. The fourth-order valence-corrected chi connectivity index (χ4v) is 3.05. The Hall–Kier alpha value is -1.14. The second-order valence-corrected chi connectivity index (χ2v) is 5.64. The number of halogens is 6. The van der Waals surface area contributed by atoms with Crippen molar-refractivity contribution in [1.29, 1.82) is 0 Å². The predicted molar refractivity (Wildman–Crippen MR) is 67.6 cm³/mol. The van der Waals surface area contributed by atoms with Gasteiger partial charge in [-0.25, -0.2) is 22.0 Å². The maximum absolute atomic E-state index is 13.6. The van der Waals surface area contributed by atoms with E-state index in [0.29, 0.717) is 11.3 Å². The highest BCUT2D eigenvalue weighted by Crippen LogP contribution is 2.38. The topological polar surface area (TPSA) is 0 Å². The lowest BCUT2D eigenvalue weighted by Gasteiger charge is -2.12. The number of hydrogen-bond acceptors (Lipinski definition) is 1. The minimum atomic E-state index is -2.19. The number of rotatable bonds is 3. The highest BCUT2D eigenvalue weighted by atomic mass is 35.5. The largest absolute Gasteiger partial charge is 0.203 e. The number of aryl methyl sites for hydroxylation is 1. The van der Waals surface area contributed by atoms with Gasteiger partial charge in [-0.2, -0.15) is 0 Å². The predicted octanol–water partition coefficient (Wildman–Crippen LogP) is 5.33. The van der Waals surface area contributed by atoms with Crippen molar-refractivity contribution in [2.75, 3.05) is 0 Å². The molecule has 0 nitrogen and oxygen atoms in total. The summed E-state index contributed by atoms with van der Waals surface area (Å²) >= 11 is 7.05. The van der Waals surface area contributed by atoms with Crippen molar-refractivity contribution < 1.29 is 22.0 Å². The molecule has 0 radical (unpaired) electrons. The Morgan fingerprint density at radius 1 is 0.950 bits per heavy atom. The minimum absolute atomic E-state index is 0.326. The zero-order valence-corrected chi connectivity index (χ0v) is 11.7. The van der Waals surface area contributed by atoms with Crippen LogP contribution in [0.15, 0.2) is 12.1 Å².